The lowest BCUT2D eigenvalue weighted by molar-refractivity contribution is -0.136. The third-order valence-corrected chi connectivity index (χ3v) is 5.31. The number of rotatable bonds is 9. The number of carbonyl (C=O) groups excluding carboxylic acids is 1. The summed E-state index contributed by atoms with van der Waals surface area (Å²) in [5.74, 6) is 0.208. The lowest BCUT2D eigenvalue weighted by Gasteiger charge is -2.26. The van der Waals surface area contributed by atoms with Gasteiger partial charge in [0.1, 0.15) is 5.82 Å². The quantitative estimate of drug-likeness (QED) is 0.618. The molecule has 4 nitrogen and oxygen atoms in total. The van der Waals surface area contributed by atoms with Crippen molar-refractivity contribution < 1.29 is 13.9 Å². The van der Waals surface area contributed by atoms with E-state index in [-0.39, 0.29) is 17.6 Å². The number of nitrogens with zero attached hydrogens (tertiary/aromatic N) is 2. The standard InChI is InChI=1S/C22H29FN2O2/c1-27-14-6-13-25(22(26)19-8-2-3-9-19)17-21-11-5-12-24(21)16-18-7-4-10-20(23)15-18/h4-5,7,10-12,15,19H,2-3,6,8-9,13-14,16-17H2,1H3. The molecule has 1 saturated carbocycles. The number of amides is 1. The molecule has 0 N–H and O–H groups in total. The fraction of sp³-hybridized carbons (Fsp3) is 0.500. The maximum absolute atomic E-state index is 13.5. The van der Waals surface area contributed by atoms with Crippen LogP contribution in [0.3, 0.4) is 0 Å². The Morgan fingerprint density at radius 1 is 1.26 bits per heavy atom. The molecule has 0 aliphatic heterocycles. The summed E-state index contributed by atoms with van der Waals surface area (Å²) in [6.07, 6.45) is 7.14. The highest BCUT2D eigenvalue weighted by molar-refractivity contribution is 5.79. The van der Waals surface area contributed by atoms with E-state index < -0.39 is 0 Å². The summed E-state index contributed by atoms with van der Waals surface area (Å²) in [6.45, 7) is 2.54. The van der Waals surface area contributed by atoms with Gasteiger partial charge >= 0.3 is 0 Å². The van der Waals surface area contributed by atoms with Crippen LogP contribution in [0.1, 0.15) is 43.4 Å². The van der Waals surface area contributed by atoms with Gasteiger partial charge in [-0.1, -0.05) is 25.0 Å². The molecule has 0 spiro atoms. The average Bonchev–Trinajstić information content (AvgIpc) is 3.33. The van der Waals surface area contributed by atoms with E-state index in [2.05, 4.69) is 4.57 Å². The second-order valence-electron chi connectivity index (χ2n) is 7.34. The van der Waals surface area contributed by atoms with E-state index in [0.717, 1.165) is 43.4 Å². The SMILES string of the molecule is COCCCN(Cc1cccn1Cc1cccc(F)c1)C(=O)C1CCCC1. The van der Waals surface area contributed by atoms with Gasteiger partial charge < -0.3 is 14.2 Å². The largest absolute Gasteiger partial charge is 0.385 e. The van der Waals surface area contributed by atoms with Gasteiger partial charge in [0, 0.05) is 44.6 Å². The Balaban J connectivity index is 1.71. The molecule has 1 aliphatic carbocycles. The smallest absolute Gasteiger partial charge is 0.226 e. The first-order chi connectivity index (χ1) is 13.2. The lowest BCUT2D eigenvalue weighted by Crippen LogP contribution is -2.36. The Labute approximate surface area is 160 Å². The Hall–Kier alpha value is -2.14. The zero-order valence-corrected chi connectivity index (χ0v) is 16.1. The number of methoxy groups -OCH3 is 1. The van der Waals surface area contributed by atoms with Crippen molar-refractivity contribution >= 4 is 5.91 Å². The van der Waals surface area contributed by atoms with Crippen molar-refractivity contribution in [1.29, 1.82) is 0 Å². The molecule has 1 amide bonds. The third kappa shape index (κ3) is 5.42. The van der Waals surface area contributed by atoms with Crippen LogP contribution >= 0.6 is 0 Å². The normalized spacial score (nSPS) is 14.6. The molecule has 1 aromatic heterocycles. The topological polar surface area (TPSA) is 34.5 Å². The zero-order valence-electron chi connectivity index (χ0n) is 16.1. The molecule has 0 unspecified atom stereocenters. The second kappa shape index (κ2) is 9.70. The van der Waals surface area contributed by atoms with Crippen LogP contribution in [0.4, 0.5) is 4.39 Å². The van der Waals surface area contributed by atoms with Gasteiger partial charge in [-0.05, 0) is 49.1 Å². The van der Waals surface area contributed by atoms with Crippen molar-refractivity contribution in [3.05, 3.63) is 59.7 Å². The van der Waals surface area contributed by atoms with Crippen LogP contribution in [0.15, 0.2) is 42.6 Å². The number of aromatic nitrogens is 1. The molecular weight excluding hydrogens is 343 g/mol. The minimum atomic E-state index is -0.223. The average molecular weight is 372 g/mol. The van der Waals surface area contributed by atoms with Crippen LogP contribution in [-0.2, 0) is 22.6 Å². The number of halogens is 1. The summed E-state index contributed by atoms with van der Waals surface area (Å²) in [4.78, 5) is 15.0. The van der Waals surface area contributed by atoms with Gasteiger partial charge in [-0.2, -0.15) is 0 Å². The van der Waals surface area contributed by atoms with Gasteiger partial charge in [-0.3, -0.25) is 4.79 Å². The molecule has 146 valence electrons. The molecular formula is C22H29FN2O2. The van der Waals surface area contributed by atoms with Crippen LogP contribution in [0.25, 0.3) is 0 Å². The van der Waals surface area contributed by atoms with Gasteiger partial charge in [-0.15, -0.1) is 0 Å². The molecule has 5 heteroatoms. The Bertz CT molecular complexity index is 737. The molecule has 1 fully saturated rings. The molecule has 0 atom stereocenters. The van der Waals surface area contributed by atoms with E-state index in [4.69, 9.17) is 4.74 Å². The summed E-state index contributed by atoms with van der Waals surface area (Å²) in [7, 11) is 1.69. The molecule has 2 aromatic rings. The number of carbonyl (C=O) groups is 1. The number of benzene rings is 1. The van der Waals surface area contributed by atoms with E-state index >= 15 is 0 Å². The van der Waals surface area contributed by atoms with Crippen LogP contribution in [0.2, 0.25) is 0 Å². The minimum Gasteiger partial charge on any atom is -0.385 e. The summed E-state index contributed by atoms with van der Waals surface area (Å²) >= 11 is 0. The van der Waals surface area contributed by atoms with Crippen LogP contribution in [-0.4, -0.2) is 35.6 Å². The van der Waals surface area contributed by atoms with E-state index in [1.165, 1.54) is 6.07 Å². The highest BCUT2D eigenvalue weighted by atomic mass is 19.1. The van der Waals surface area contributed by atoms with Crippen LogP contribution < -0.4 is 0 Å². The highest BCUT2D eigenvalue weighted by Gasteiger charge is 2.27. The van der Waals surface area contributed by atoms with Crippen molar-refractivity contribution in [2.24, 2.45) is 5.92 Å². The van der Waals surface area contributed by atoms with Gasteiger partial charge in [0.15, 0.2) is 0 Å². The fourth-order valence-electron chi connectivity index (χ4n) is 3.87. The Morgan fingerprint density at radius 2 is 2.07 bits per heavy atom. The van der Waals surface area contributed by atoms with E-state index in [0.29, 0.717) is 26.2 Å². The Morgan fingerprint density at radius 3 is 2.81 bits per heavy atom. The summed E-state index contributed by atoms with van der Waals surface area (Å²) in [5.41, 5.74) is 1.99. The molecule has 1 aromatic carbocycles. The number of hydrogen-bond donors (Lipinski definition) is 0. The predicted molar refractivity (Wildman–Crippen MR) is 104 cm³/mol. The molecule has 0 bridgehead atoms. The minimum absolute atomic E-state index is 0.166. The van der Waals surface area contributed by atoms with Gasteiger partial charge in [0.25, 0.3) is 0 Å². The fourth-order valence-corrected chi connectivity index (χ4v) is 3.87. The van der Waals surface area contributed by atoms with Gasteiger partial charge in [-0.25, -0.2) is 4.39 Å². The molecule has 1 aliphatic rings. The molecule has 0 radical (unpaired) electrons. The van der Waals surface area contributed by atoms with E-state index in [9.17, 15) is 9.18 Å². The van der Waals surface area contributed by atoms with Crippen LogP contribution in [0.5, 0.6) is 0 Å². The molecule has 1 heterocycles. The highest BCUT2D eigenvalue weighted by Crippen LogP contribution is 2.27. The first-order valence-electron chi connectivity index (χ1n) is 9.83. The van der Waals surface area contributed by atoms with Gasteiger partial charge in [0.2, 0.25) is 5.91 Å². The first kappa shape index (κ1) is 19.6. The summed E-state index contributed by atoms with van der Waals surface area (Å²) < 4.78 is 20.7. The van der Waals surface area contributed by atoms with Crippen LogP contribution in [0, 0.1) is 11.7 Å². The van der Waals surface area contributed by atoms with E-state index in [1.54, 1.807) is 19.2 Å². The monoisotopic (exact) mass is 372 g/mol. The Kier molecular flexibility index (Phi) is 7.04. The number of hydrogen-bond acceptors (Lipinski definition) is 2. The molecule has 27 heavy (non-hydrogen) atoms. The zero-order chi connectivity index (χ0) is 19.1. The lowest BCUT2D eigenvalue weighted by atomic mass is 10.1. The molecule has 3 rings (SSSR count). The second-order valence-corrected chi connectivity index (χ2v) is 7.34. The summed E-state index contributed by atoms with van der Waals surface area (Å²) in [6, 6.07) is 10.7. The predicted octanol–water partition coefficient (Wildman–Crippen LogP) is 4.23. The number of ether oxygens (including phenoxy) is 1. The maximum atomic E-state index is 13.5. The van der Waals surface area contributed by atoms with Crippen molar-refractivity contribution in [2.45, 2.75) is 45.2 Å². The third-order valence-electron chi connectivity index (χ3n) is 5.31. The maximum Gasteiger partial charge on any atom is 0.226 e. The van der Waals surface area contributed by atoms with E-state index in [1.807, 2.05) is 29.3 Å². The van der Waals surface area contributed by atoms with Crippen molar-refractivity contribution in [2.75, 3.05) is 20.3 Å². The first-order valence-corrected chi connectivity index (χ1v) is 9.83. The van der Waals surface area contributed by atoms with Crippen molar-refractivity contribution in [3.8, 4) is 0 Å². The van der Waals surface area contributed by atoms with Crippen molar-refractivity contribution in [3.63, 3.8) is 0 Å². The summed E-state index contributed by atoms with van der Waals surface area (Å²) in [5, 5.41) is 0. The molecule has 0 saturated heterocycles. The van der Waals surface area contributed by atoms with Gasteiger partial charge in [0.05, 0.1) is 6.54 Å². The van der Waals surface area contributed by atoms with Crippen molar-refractivity contribution in [1.82, 2.24) is 9.47 Å².